The van der Waals surface area contributed by atoms with Crippen LogP contribution in [0.1, 0.15) is 41.2 Å². The Morgan fingerprint density at radius 1 is 1.30 bits per heavy atom. The van der Waals surface area contributed by atoms with Crippen LogP contribution in [0, 0.1) is 0 Å². The topological polar surface area (TPSA) is 92.9 Å². The number of carboxylic acid groups (broad SMARTS) is 1. The number of carbonyl (C=O) groups is 1. The smallest absolute Gasteiger partial charge is 0.335 e. The third-order valence-corrected chi connectivity index (χ3v) is 4.21. The first kappa shape index (κ1) is 17.1. The summed E-state index contributed by atoms with van der Waals surface area (Å²) in [5.74, 6) is -1.01. The molecule has 1 aliphatic carbocycles. The Bertz CT molecular complexity index is 1000. The molecule has 27 heavy (non-hydrogen) atoms. The number of nitrogens with zero attached hydrogens (tertiary/aromatic N) is 4. The van der Waals surface area contributed by atoms with Gasteiger partial charge in [-0.25, -0.2) is 23.5 Å². The minimum atomic E-state index is -2.79. The van der Waals surface area contributed by atoms with E-state index in [1.165, 1.54) is 24.3 Å². The molecule has 0 bridgehead atoms. The molecule has 3 aromatic rings. The van der Waals surface area contributed by atoms with Gasteiger partial charge in [0.2, 0.25) is 5.95 Å². The van der Waals surface area contributed by atoms with E-state index in [4.69, 9.17) is 5.11 Å². The largest absolute Gasteiger partial charge is 0.478 e. The number of rotatable bonds is 6. The van der Waals surface area contributed by atoms with Gasteiger partial charge in [-0.3, -0.25) is 4.68 Å². The van der Waals surface area contributed by atoms with Crippen LogP contribution in [0.3, 0.4) is 0 Å². The number of aromatic carboxylic acids is 1. The molecule has 0 saturated heterocycles. The van der Waals surface area contributed by atoms with E-state index in [1.54, 1.807) is 6.20 Å². The first-order valence-corrected chi connectivity index (χ1v) is 8.31. The molecule has 1 fully saturated rings. The van der Waals surface area contributed by atoms with Crippen LogP contribution < -0.4 is 5.32 Å². The van der Waals surface area contributed by atoms with Gasteiger partial charge in [-0.2, -0.15) is 5.10 Å². The van der Waals surface area contributed by atoms with Gasteiger partial charge in [0, 0.05) is 18.0 Å². The summed E-state index contributed by atoms with van der Waals surface area (Å²) in [6.07, 6.45) is 3.87. The van der Waals surface area contributed by atoms with Gasteiger partial charge < -0.3 is 10.4 Å². The normalized spacial score (nSPS) is 13.7. The van der Waals surface area contributed by atoms with E-state index >= 15 is 0 Å². The Labute approximate surface area is 152 Å². The van der Waals surface area contributed by atoms with E-state index in [9.17, 15) is 13.6 Å². The number of halogens is 2. The summed E-state index contributed by atoms with van der Waals surface area (Å²) in [6.45, 7) is 0. The molecule has 0 unspecified atom stereocenters. The van der Waals surface area contributed by atoms with Crippen LogP contribution in [0.5, 0.6) is 0 Å². The number of anilines is 2. The summed E-state index contributed by atoms with van der Waals surface area (Å²) >= 11 is 0. The third kappa shape index (κ3) is 3.62. The van der Waals surface area contributed by atoms with Crippen LogP contribution >= 0.6 is 0 Å². The molecule has 0 aliphatic heterocycles. The Balaban J connectivity index is 1.69. The summed E-state index contributed by atoms with van der Waals surface area (Å²) in [6, 6.07) is 6.14. The summed E-state index contributed by atoms with van der Waals surface area (Å²) in [4.78, 5) is 19.3. The molecule has 1 aromatic carbocycles. The molecule has 2 heterocycles. The molecule has 1 saturated carbocycles. The lowest BCUT2D eigenvalue weighted by atomic mass is 10.0. The van der Waals surface area contributed by atoms with Crippen molar-refractivity contribution >= 4 is 17.6 Å². The van der Waals surface area contributed by atoms with Crippen molar-refractivity contribution in [3.8, 4) is 11.3 Å². The Morgan fingerprint density at radius 2 is 2.11 bits per heavy atom. The molecular formula is C18H15F2N5O2. The van der Waals surface area contributed by atoms with Gasteiger partial charge >= 0.3 is 5.97 Å². The van der Waals surface area contributed by atoms with Crippen molar-refractivity contribution < 1.29 is 18.7 Å². The van der Waals surface area contributed by atoms with Crippen LogP contribution in [0.15, 0.2) is 42.9 Å². The second-order valence-electron chi connectivity index (χ2n) is 6.25. The second kappa shape index (κ2) is 6.75. The van der Waals surface area contributed by atoms with E-state index in [-0.39, 0.29) is 28.3 Å². The minimum absolute atomic E-state index is 0.00783. The molecule has 0 amide bonds. The summed E-state index contributed by atoms with van der Waals surface area (Å²) in [5, 5.41) is 16.3. The van der Waals surface area contributed by atoms with Crippen molar-refractivity contribution in [2.24, 2.45) is 0 Å². The zero-order valence-electron chi connectivity index (χ0n) is 14.0. The van der Waals surface area contributed by atoms with E-state index in [1.807, 2.05) is 10.9 Å². The van der Waals surface area contributed by atoms with Gasteiger partial charge in [-0.15, -0.1) is 0 Å². The minimum Gasteiger partial charge on any atom is -0.478 e. The molecule has 4 rings (SSSR count). The van der Waals surface area contributed by atoms with E-state index in [2.05, 4.69) is 20.4 Å². The van der Waals surface area contributed by atoms with Crippen molar-refractivity contribution in [1.82, 2.24) is 19.7 Å². The number of aromatic nitrogens is 4. The predicted molar refractivity (Wildman–Crippen MR) is 93.2 cm³/mol. The number of hydrogen-bond acceptors (Lipinski definition) is 5. The average molecular weight is 371 g/mol. The highest BCUT2D eigenvalue weighted by molar-refractivity contribution is 5.89. The van der Waals surface area contributed by atoms with E-state index in [0.717, 1.165) is 19.0 Å². The highest BCUT2D eigenvalue weighted by Gasteiger charge is 2.24. The van der Waals surface area contributed by atoms with E-state index < -0.39 is 12.4 Å². The zero-order chi connectivity index (χ0) is 19.0. The number of benzene rings is 1. The fourth-order valence-corrected chi connectivity index (χ4v) is 2.71. The molecule has 7 nitrogen and oxygen atoms in total. The first-order chi connectivity index (χ1) is 13.0. The molecule has 9 heteroatoms. The summed E-state index contributed by atoms with van der Waals surface area (Å²) in [7, 11) is 0. The maximum absolute atomic E-state index is 13.4. The van der Waals surface area contributed by atoms with Gasteiger partial charge in [-0.05, 0) is 25.0 Å². The van der Waals surface area contributed by atoms with E-state index in [0.29, 0.717) is 11.7 Å². The lowest BCUT2D eigenvalue weighted by molar-refractivity contribution is 0.0697. The van der Waals surface area contributed by atoms with Gasteiger partial charge in [0.05, 0.1) is 34.7 Å². The molecule has 0 spiro atoms. The molecule has 0 atom stereocenters. The maximum atomic E-state index is 13.4. The Kier molecular flexibility index (Phi) is 4.27. The monoisotopic (exact) mass is 371 g/mol. The fourth-order valence-electron chi connectivity index (χ4n) is 2.71. The zero-order valence-corrected chi connectivity index (χ0v) is 14.0. The number of hydrogen-bond donors (Lipinski definition) is 2. The SMILES string of the molecule is O=C(O)c1cccc(-c2nc(Nc3cnn(C4CC4)c3)ncc2C(F)F)c1. The molecule has 2 N–H and O–H groups in total. The standard InChI is InChI=1S/C18H15F2N5O2/c19-16(20)14-8-21-18(23-12-7-22-25(9-12)13-4-5-13)24-15(14)10-2-1-3-11(6-10)17(26)27/h1-3,6-9,13,16H,4-5H2,(H,26,27)(H,21,23,24). The lowest BCUT2D eigenvalue weighted by Crippen LogP contribution is -2.03. The van der Waals surface area contributed by atoms with Crippen molar-refractivity contribution in [2.45, 2.75) is 25.3 Å². The van der Waals surface area contributed by atoms with Crippen LogP contribution in [0.2, 0.25) is 0 Å². The van der Waals surface area contributed by atoms with Gasteiger partial charge in [0.15, 0.2) is 0 Å². The molecule has 2 aromatic heterocycles. The molecule has 0 radical (unpaired) electrons. The predicted octanol–water partition coefficient (Wildman–Crippen LogP) is 4.05. The third-order valence-electron chi connectivity index (χ3n) is 4.21. The average Bonchev–Trinajstić information content (AvgIpc) is 3.41. The second-order valence-corrected chi connectivity index (χ2v) is 6.25. The van der Waals surface area contributed by atoms with Crippen molar-refractivity contribution in [2.75, 3.05) is 5.32 Å². The highest BCUT2D eigenvalue weighted by Crippen LogP contribution is 2.35. The lowest BCUT2D eigenvalue weighted by Gasteiger charge is -2.11. The van der Waals surface area contributed by atoms with Crippen LogP contribution in [0.4, 0.5) is 20.4 Å². The number of nitrogens with one attached hydrogen (secondary N) is 1. The number of alkyl halides is 2. The van der Waals surface area contributed by atoms with Crippen molar-refractivity contribution in [3.63, 3.8) is 0 Å². The van der Waals surface area contributed by atoms with Crippen LogP contribution in [-0.4, -0.2) is 30.8 Å². The summed E-state index contributed by atoms with van der Waals surface area (Å²) < 4.78 is 28.6. The Morgan fingerprint density at radius 3 is 2.81 bits per heavy atom. The first-order valence-electron chi connectivity index (χ1n) is 8.31. The van der Waals surface area contributed by atoms with Crippen molar-refractivity contribution in [1.29, 1.82) is 0 Å². The molecule has 1 aliphatic rings. The van der Waals surface area contributed by atoms with Gasteiger partial charge in [0.1, 0.15) is 0 Å². The quantitative estimate of drug-likeness (QED) is 0.679. The van der Waals surface area contributed by atoms with Crippen LogP contribution in [-0.2, 0) is 0 Å². The molecular weight excluding hydrogens is 356 g/mol. The maximum Gasteiger partial charge on any atom is 0.335 e. The van der Waals surface area contributed by atoms with Gasteiger partial charge in [0.25, 0.3) is 6.43 Å². The summed E-state index contributed by atoms with van der Waals surface area (Å²) in [5.41, 5.74) is 0.546. The Hall–Kier alpha value is -3.36. The van der Waals surface area contributed by atoms with Gasteiger partial charge in [-0.1, -0.05) is 12.1 Å². The molecule has 138 valence electrons. The number of carboxylic acids is 1. The highest BCUT2D eigenvalue weighted by atomic mass is 19.3. The van der Waals surface area contributed by atoms with Crippen LogP contribution in [0.25, 0.3) is 11.3 Å². The fraction of sp³-hybridized carbons (Fsp3) is 0.222. The van der Waals surface area contributed by atoms with Crippen molar-refractivity contribution in [3.05, 3.63) is 54.0 Å².